The Morgan fingerprint density at radius 3 is 2.81 bits per heavy atom. The van der Waals surface area contributed by atoms with Gasteiger partial charge in [0.25, 0.3) is 5.56 Å². The van der Waals surface area contributed by atoms with Crippen molar-refractivity contribution in [1.82, 2.24) is 19.3 Å². The lowest BCUT2D eigenvalue weighted by Gasteiger charge is -2.05. The summed E-state index contributed by atoms with van der Waals surface area (Å²) in [6.45, 7) is 5.07. The molecule has 6 heteroatoms. The summed E-state index contributed by atoms with van der Waals surface area (Å²) in [4.78, 5) is 16.5. The van der Waals surface area contributed by atoms with Gasteiger partial charge >= 0.3 is 0 Å². The number of nitrogens with zero attached hydrogens (tertiary/aromatic N) is 4. The Morgan fingerprint density at radius 2 is 2.05 bits per heavy atom. The maximum absolute atomic E-state index is 12.2. The van der Waals surface area contributed by atoms with Crippen LogP contribution in [0.3, 0.4) is 0 Å². The summed E-state index contributed by atoms with van der Waals surface area (Å²) < 4.78 is 4.03. The molecule has 2 aromatic heterocycles. The molecule has 5 nitrogen and oxygen atoms in total. The topological polar surface area (TPSA) is 52.7 Å². The van der Waals surface area contributed by atoms with Crippen LogP contribution < -0.4 is 5.56 Å². The molecule has 0 atom stereocenters. The fraction of sp³-hybridized carbons (Fsp3) is 0.267. The summed E-state index contributed by atoms with van der Waals surface area (Å²) in [6, 6.07) is 8.06. The van der Waals surface area contributed by atoms with Crippen molar-refractivity contribution in [1.29, 1.82) is 0 Å². The average molecular weight is 347 g/mol. The van der Waals surface area contributed by atoms with Crippen LogP contribution in [-0.4, -0.2) is 19.3 Å². The first-order chi connectivity index (χ1) is 10.1. The molecule has 0 unspecified atom stereocenters. The summed E-state index contributed by atoms with van der Waals surface area (Å²) in [6.07, 6.45) is 1.57. The van der Waals surface area contributed by atoms with Gasteiger partial charge < -0.3 is 0 Å². The second-order valence-corrected chi connectivity index (χ2v) is 5.65. The SMILES string of the molecule is CCn1nc(Cn2cnc(C)c(Br)c2=O)c2ccccc21. The monoisotopic (exact) mass is 346 g/mol. The number of hydrogen-bond acceptors (Lipinski definition) is 3. The second-order valence-electron chi connectivity index (χ2n) is 4.86. The highest BCUT2D eigenvalue weighted by molar-refractivity contribution is 9.10. The van der Waals surface area contributed by atoms with Gasteiger partial charge in [-0.15, -0.1) is 0 Å². The number of benzene rings is 1. The van der Waals surface area contributed by atoms with Gasteiger partial charge in [-0.05, 0) is 35.8 Å². The van der Waals surface area contributed by atoms with Gasteiger partial charge in [-0.25, -0.2) is 4.98 Å². The summed E-state index contributed by atoms with van der Waals surface area (Å²) in [5, 5.41) is 5.68. The number of halogens is 1. The first kappa shape index (κ1) is 14.0. The lowest BCUT2D eigenvalue weighted by molar-refractivity contribution is 0.641. The zero-order chi connectivity index (χ0) is 15.0. The third-order valence-corrected chi connectivity index (χ3v) is 4.42. The molecular formula is C15H15BrN4O. The van der Waals surface area contributed by atoms with Crippen LogP contribution in [0.4, 0.5) is 0 Å². The summed E-state index contributed by atoms with van der Waals surface area (Å²) in [7, 11) is 0. The van der Waals surface area contributed by atoms with Crippen molar-refractivity contribution >= 4 is 26.8 Å². The molecule has 1 aromatic carbocycles. The van der Waals surface area contributed by atoms with E-state index in [4.69, 9.17) is 0 Å². The van der Waals surface area contributed by atoms with Crippen LogP contribution in [0, 0.1) is 6.92 Å². The fourth-order valence-electron chi connectivity index (χ4n) is 2.37. The first-order valence-corrected chi connectivity index (χ1v) is 7.57. The molecule has 0 aliphatic heterocycles. The van der Waals surface area contributed by atoms with Crippen LogP contribution in [0.25, 0.3) is 10.9 Å². The molecule has 3 rings (SSSR count). The number of para-hydroxylation sites is 1. The van der Waals surface area contributed by atoms with Crippen molar-refractivity contribution in [2.45, 2.75) is 26.9 Å². The zero-order valence-electron chi connectivity index (χ0n) is 11.9. The molecule has 108 valence electrons. The number of fused-ring (bicyclic) bond motifs is 1. The van der Waals surface area contributed by atoms with Gasteiger partial charge in [-0.2, -0.15) is 5.10 Å². The van der Waals surface area contributed by atoms with E-state index in [0.29, 0.717) is 16.7 Å². The minimum atomic E-state index is -0.0855. The minimum absolute atomic E-state index is 0.0855. The van der Waals surface area contributed by atoms with Gasteiger partial charge in [0, 0.05) is 11.9 Å². The average Bonchev–Trinajstić information content (AvgIpc) is 2.86. The maximum Gasteiger partial charge on any atom is 0.268 e. The molecule has 0 aliphatic carbocycles. The predicted molar refractivity (Wildman–Crippen MR) is 85.4 cm³/mol. The fourth-order valence-corrected chi connectivity index (χ4v) is 2.70. The van der Waals surface area contributed by atoms with Crippen LogP contribution in [0.5, 0.6) is 0 Å². The van der Waals surface area contributed by atoms with Crippen LogP contribution >= 0.6 is 15.9 Å². The Hall–Kier alpha value is -1.95. The van der Waals surface area contributed by atoms with Gasteiger partial charge in [0.1, 0.15) is 4.47 Å². The Kier molecular flexibility index (Phi) is 3.63. The Labute approximate surface area is 130 Å². The van der Waals surface area contributed by atoms with Crippen LogP contribution in [0.2, 0.25) is 0 Å². The van der Waals surface area contributed by atoms with Crippen molar-refractivity contribution in [2.24, 2.45) is 0 Å². The predicted octanol–water partition coefficient (Wildman–Crippen LogP) is 2.73. The number of aryl methyl sites for hydroxylation is 2. The Morgan fingerprint density at radius 1 is 1.29 bits per heavy atom. The van der Waals surface area contributed by atoms with E-state index in [1.807, 2.05) is 28.9 Å². The molecule has 2 heterocycles. The molecule has 0 saturated carbocycles. The highest BCUT2D eigenvalue weighted by atomic mass is 79.9. The highest BCUT2D eigenvalue weighted by Crippen LogP contribution is 2.19. The molecule has 0 bridgehead atoms. The molecule has 0 N–H and O–H groups in total. The van der Waals surface area contributed by atoms with Gasteiger partial charge in [0.2, 0.25) is 0 Å². The van der Waals surface area contributed by atoms with E-state index in [1.54, 1.807) is 17.8 Å². The maximum atomic E-state index is 12.2. The largest absolute Gasteiger partial charge is 0.292 e. The molecule has 21 heavy (non-hydrogen) atoms. The second kappa shape index (κ2) is 5.44. The zero-order valence-corrected chi connectivity index (χ0v) is 13.5. The van der Waals surface area contributed by atoms with E-state index in [2.05, 4.69) is 32.9 Å². The molecule has 0 spiro atoms. The molecule has 0 fully saturated rings. The van der Waals surface area contributed by atoms with Crippen LogP contribution in [0.15, 0.2) is 39.9 Å². The molecule has 0 saturated heterocycles. The molecule has 0 aliphatic rings. The van der Waals surface area contributed by atoms with Gasteiger partial charge in [-0.1, -0.05) is 18.2 Å². The van der Waals surface area contributed by atoms with Crippen molar-refractivity contribution in [3.63, 3.8) is 0 Å². The van der Waals surface area contributed by atoms with Crippen LogP contribution in [-0.2, 0) is 13.1 Å². The quantitative estimate of drug-likeness (QED) is 0.732. The van der Waals surface area contributed by atoms with Crippen LogP contribution in [0.1, 0.15) is 18.3 Å². The Bertz CT molecular complexity index is 866. The normalized spacial score (nSPS) is 11.2. The highest BCUT2D eigenvalue weighted by Gasteiger charge is 2.12. The van der Waals surface area contributed by atoms with Crippen molar-refractivity contribution in [3.8, 4) is 0 Å². The van der Waals surface area contributed by atoms with Crippen molar-refractivity contribution in [3.05, 3.63) is 56.8 Å². The summed E-state index contributed by atoms with van der Waals surface area (Å²) >= 11 is 3.29. The lowest BCUT2D eigenvalue weighted by Crippen LogP contribution is -2.23. The standard InChI is InChI=1S/C15H15BrN4O/c1-3-20-13-7-5-4-6-11(13)12(18-20)8-19-9-17-10(2)14(16)15(19)21/h4-7,9H,3,8H2,1-2H3. The minimum Gasteiger partial charge on any atom is -0.292 e. The lowest BCUT2D eigenvalue weighted by atomic mass is 10.2. The smallest absolute Gasteiger partial charge is 0.268 e. The third-order valence-electron chi connectivity index (χ3n) is 3.51. The number of rotatable bonds is 3. The number of hydrogen-bond donors (Lipinski definition) is 0. The summed E-state index contributed by atoms with van der Waals surface area (Å²) in [5.74, 6) is 0. The molecule has 0 amide bonds. The third kappa shape index (κ3) is 2.40. The van der Waals surface area contributed by atoms with Gasteiger partial charge in [0.15, 0.2) is 0 Å². The van der Waals surface area contributed by atoms with Crippen molar-refractivity contribution < 1.29 is 0 Å². The van der Waals surface area contributed by atoms with E-state index in [-0.39, 0.29) is 5.56 Å². The molecular weight excluding hydrogens is 332 g/mol. The number of aromatic nitrogens is 4. The first-order valence-electron chi connectivity index (χ1n) is 6.77. The Balaban J connectivity index is 2.11. The van der Waals surface area contributed by atoms with E-state index in [1.165, 1.54) is 0 Å². The van der Waals surface area contributed by atoms with Gasteiger partial charge in [-0.3, -0.25) is 14.0 Å². The van der Waals surface area contributed by atoms with Crippen molar-refractivity contribution in [2.75, 3.05) is 0 Å². The molecule has 0 radical (unpaired) electrons. The van der Waals surface area contributed by atoms with E-state index < -0.39 is 0 Å². The summed E-state index contributed by atoms with van der Waals surface area (Å²) in [5.41, 5.74) is 2.58. The van der Waals surface area contributed by atoms with E-state index in [0.717, 1.165) is 23.1 Å². The van der Waals surface area contributed by atoms with E-state index in [9.17, 15) is 4.79 Å². The molecule has 3 aromatic rings. The van der Waals surface area contributed by atoms with Gasteiger partial charge in [0.05, 0.1) is 29.8 Å². The van der Waals surface area contributed by atoms with E-state index >= 15 is 0 Å².